The van der Waals surface area contributed by atoms with Crippen molar-refractivity contribution >= 4 is 18.3 Å². The summed E-state index contributed by atoms with van der Waals surface area (Å²) in [5.41, 5.74) is 3.17. The summed E-state index contributed by atoms with van der Waals surface area (Å²) in [7, 11) is -2.25. The third kappa shape index (κ3) is 3.57. The molecule has 2 aromatic rings. The van der Waals surface area contributed by atoms with Crippen LogP contribution in [0.15, 0.2) is 42.6 Å². The molecule has 1 atom stereocenters. The molecule has 0 bridgehead atoms. The number of aromatic nitrogens is 1. The van der Waals surface area contributed by atoms with Gasteiger partial charge in [0, 0.05) is 24.0 Å². The van der Waals surface area contributed by atoms with Gasteiger partial charge in [0.15, 0.2) is 0 Å². The Morgan fingerprint density at radius 1 is 1.25 bits per heavy atom. The Balaban J connectivity index is 1.78. The van der Waals surface area contributed by atoms with Gasteiger partial charge in [0.25, 0.3) is 0 Å². The predicted octanol–water partition coefficient (Wildman–Crippen LogP) is 4.60. The highest BCUT2D eigenvalue weighted by Gasteiger charge is 2.32. The SMILES string of the molecule is CC1(C)CCC(CNc2cc(P(C)(C)=O)ccn2)c2ccccc21. The van der Waals surface area contributed by atoms with Crippen LogP contribution in [0, 0.1) is 0 Å². The van der Waals surface area contributed by atoms with E-state index in [1.54, 1.807) is 19.5 Å². The van der Waals surface area contributed by atoms with Gasteiger partial charge in [-0.25, -0.2) is 4.98 Å². The number of hydrogen-bond donors (Lipinski definition) is 1. The molecule has 0 aliphatic heterocycles. The zero-order chi connectivity index (χ0) is 17.4. The minimum atomic E-state index is -2.25. The van der Waals surface area contributed by atoms with Crippen molar-refractivity contribution < 1.29 is 4.57 Å². The van der Waals surface area contributed by atoms with E-state index in [1.807, 2.05) is 12.1 Å². The Hall–Kier alpha value is -1.60. The van der Waals surface area contributed by atoms with Gasteiger partial charge in [0.1, 0.15) is 13.0 Å². The van der Waals surface area contributed by atoms with Gasteiger partial charge in [-0.3, -0.25) is 0 Å². The Labute approximate surface area is 145 Å². The Morgan fingerprint density at radius 3 is 2.75 bits per heavy atom. The summed E-state index contributed by atoms with van der Waals surface area (Å²) in [5.74, 6) is 1.31. The molecule has 1 aromatic heterocycles. The highest BCUT2D eigenvalue weighted by molar-refractivity contribution is 7.70. The second-order valence-electron chi connectivity index (χ2n) is 7.84. The van der Waals surface area contributed by atoms with Crippen molar-refractivity contribution in [1.29, 1.82) is 0 Å². The van der Waals surface area contributed by atoms with Gasteiger partial charge in [-0.05, 0) is 54.8 Å². The fourth-order valence-corrected chi connectivity index (χ4v) is 4.44. The van der Waals surface area contributed by atoms with Crippen LogP contribution >= 0.6 is 7.14 Å². The van der Waals surface area contributed by atoms with Gasteiger partial charge in [-0.15, -0.1) is 0 Å². The molecule has 1 N–H and O–H groups in total. The highest BCUT2D eigenvalue weighted by atomic mass is 31.2. The van der Waals surface area contributed by atoms with Crippen LogP contribution in [0.25, 0.3) is 0 Å². The lowest BCUT2D eigenvalue weighted by Crippen LogP contribution is -2.29. The molecule has 4 heteroatoms. The molecule has 1 unspecified atom stereocenters. The van der Waals surface area contributed by atoms with Gasteiger partial charge in [-0.1, -0.05) is 38.1 Å². The minimum Gasteiger partial charge on any atom is -0.369 e. The van der Waals surface area contributed by atoms with Crippen LogP contribution in [0.3, 0.4) is 0 Å². The molecule has 1 aliphatic rings. The van der Waals surface area contributed by atoms with Crippen molar-refractivity contribution in [2.75, 3.05) is 25.2 Å². The number of pyridine rings is 1. The molecule has 1 aliphatic carbocycles. The Bertz CT molecular complexity index is 779. The van der Waals surface area contributed by atoms with Gasteiger partial charge in [-0.2, -0.15) is 0 Å². The van der Waals surface area contributed by atoms with Gasteiger partial charge in [0.05, 0.1) is 0 Å². The van der Waals surface area contributed by atoms with Crippen LogP contribution in [-0.2, 0) is 9.98 Å². The van der Waals surface area contributed by atoms with E-state index in [2.05, 4.69) is 48.4 Å². The van der Waals surface area contributed by atoms with Crippen LogP contribution in [0.4, 0.5) is 5.82 Å². The maximum Gasteiger partial charge on any atom is 0.126 e. The quantitative estimate of drug-likeness (QED) is 0.826. The Kier molecular flexibility index (Phi) is 4.57. The molecule has 0 radical (unpaired) electrons. The average Bonchev–Trinajstić information content (AvgIpc) is 2.54. The smallest absolute Gasteiger partial charge is 0.126 e. The molecule has 0 fully saturated rings. The average molecular weight is 342 g/mol. The molecule has 0 spiro atoms. The van der Waals surface area contributed by atoms with Crippen LogP contribution in [0.1, 0.15) is 43.7 Å². The number of benzene rings is 1. The zero-order valence-electron chi connectivity index (χ0n) is 15.0. The third-order valence-electron chi connectivity index (χ3n) is 5.14. The summed E-state index contributed by atoms with van der Waals surface area (Å²) in [5, 5.41) is 4.34. The van der Waals surface area contributed by atoms with E-state index < -0.39 is 7.14 Å². The predicted molar refractivity (Wildman–Crippen MR) is 103 cm³/mol. The summed E-state index contributed by atoms with van der Waals surface area (Å²) in [6.07, 6.45) is 4.12. The van der Waals surface area contributed by atoms with Crippen LogP contribution in [-0.4, -0.2) is 24.9 Å². The Morgan fingerprint density at radius 2 is 2.00 bits per heavy atom. The van der Waals surface area contributed by atoms with Crippen molar-refractivity contribution in [2.45, 2.75) is 38.0 Å². The summed E-state index contributed by atoms with van der Waals surface area (Å²) in [6.45, 7) is 9.12. The first-order valence-electron chi connectivity index (χ1n) is 8.62. The minimum absolute atomic E-state index is 0.252. The molecule has 0 saturated heterocycles. The lowest BCUT2D eigenvalue weighted by Gasteiger charge is -2.37. The molecular weight excluding hydrogens is 315 g/mol. The first-order valence-corrected chi connectivity index (χ1v) is 11.2. The topological polar surface area (TPSA) is 42.0 Å². The molecule has 128 valence electrons. The van der Waals surface area contributed by atoms with E-state index >= 15 is 0 Å². The maximum atomic E-state index is 12.3. The number of fused-ring (bicyclic) bond motifs is 1. The standard InChI is InChI=1S/C20H27N2OP/c1-20(2)11-9-15(17-7-5-6-8-18(17)20)14-22-19-13-16(10-12-21-19)24(3,4)23/h5-8,10,12-13,15H,9,11,14H2,1-4H3,(H,21,22). The maximum absolute atomic E-state index is 12.3. The molecule has 24 heavy (non-hydrogen) atoms. The molecule has 0 saturated carbocycles. The normalized spacial score (nSPS) is 19.6. The van der Waals surface area contributed by atoms with E-state index in [4.69, 9.17) is 0 Å². The number of nitrogens with zero attached hydrogens (tertiary/aromatic N) is 1. The highest BCUT2D eigenvalue weighted by Crippen LogP contribution is 2.42. The van der Waals surface area contributed by atoms with Crippen molar-refractivity contribution in [1.82, 2.24) is 4.98 Å². The van der Waals surface area contributed by atoms with Crippen molar-refractivity contribution in [3.63, 3.8) is 0 Å². The fraction of sp³-hybridized carbons (Fsp3) is 0.450. The zero-order valence-corrected chi connectivity index (χ0v) is 15.9. The van der Waals surface area contributed by atoms with Crippen molar-refractivity contribution in [3.05, 3.63) is 53.7 Å². The van der Waals surface area contributed by atoms with E-state index in [-0.39, 0.29) is 5.41 Å². The number of hydrogen-bond acceptors (Lipinski definition) is 3. The van der Waals surface area contributed by atoms with Crippen LogP contribution in [0.5, 0.6) is 0 Å². The van der Waals surface area contributed by atoms with E-state index in [9.17, 15) is 4.57 Å². The number of anilines is 1. The monoisotopic (exact) mass is 342 g/mol. The lowest BCUT2D eigenvalue weighted by molar-refractivity contribution is 0.397. The second-order valence-corrected chi connectivity index (χ2v) is 11.1. The molecular formula is C20H27N2OP. The van der Waals surface area contributed by atoms with Gasteiger partial charge in [0.2, 0.25) is 0 Å². The lowest BCUT2D eigenvalue weighted by atomic mass is 9.69. The largest absolute Gasteiger partial charge is 0.369 e. The first kappa shape index (κ1) is 17.2. The number of nitrogens with one attached hydrogen (secondary N) is 1. The van der Waals surface area contributed by atoms with E-state index in [1.165, 1.54) is 24.0 Å². The molecule has 0 amide bonds. The molecule has 1 heterocycles. The molecule has 3 rings (SSSR count). The number of rotatable bonds is 4. The molecule has 1 aromatic carbocycles. The van der Waals surface area contributed by atoms with E-state index in [0.717, 1.165) is 17.7 Å². The van der Waals surface area contributed by atoms with Gasteiger partial charge >= 0.3 is 0 Å². The van der Waals surface area contributed by atoms with Crippen molar-refractivity contribution in [3.8, 4) is 0 Å². The molecule has 3 nitrogen and oxygen atoms in total. The first-order chi connectivity index (χ1) is 11.3. The summed E-state index contributed by atoms with van der Waals surface area (Å²) >= 11 is 0. The summed E-state index contributed by atoms with van der Waals surface area (Å²) < 4.78 is 12.3. The fourth-order valence-electron chi connectivity index (χ4n) is 3.59. The van der Waals surface area contributed by atoms with Crippen LogP contribution in [0.2, 0.25) is 0 Å². The van der Waals surface area contributed by atoms with E-state index in [0.29, 0.717) is 5.92 Å². The summed E-state index contributed by atoms with van der Waals surface area (Å²) in [6, 6.07) is 12.6. The summed E-state index contributed by atoms with van der Waals surface area (Å²) in [4.78, 5) is 4.39. The third-order valence-corrected chi connectivity index (χ3v) is 6.66. The van der Waals surface area contributed by atoms with Crippen molar-refractivity contribution in [2.24, 2.45) is 0 Å². The van der Waals surface area contributed by atoms with Crippen LogP contribution < -0.4 is 10.6 Å². The second kappa shape index (κ2) is 6.37. The van der Waals surface area contributed by atoms with Gasteiger partial charge < -0.3 is 9.88 Å².